The van der Waals surface area contributed by atoms with Gasteiger partial charge in [0.1, 0.15) is 0 Å². The molecule has 1 atom stereocenters. The van der Waals surface area contributed by atoms with Gasteiger partial charge in [-0.2, -0.15) is 5.48 Å². The molecule has 1 aliphatic rings. The van der Waals surface area contributed by atoms with Crippen LogP contribution in [0.1, 0.15) is 13.3 Å². The van der Waals surface area contributed by atoms with Crippen molar-refractivity contribution in [2.45, 2.75) is 19.4 Å². The van der Waals surface area contributed by atoms with Gasteiger partial charge in [-0.25, -0.2) is 0 Å². The Bertz CT molecular complexity index is 40.8. The summed E-state index contributed by atoms with van der Waals surface area (Å²) in [6.45, 7) is 3.93. The first-order chi connectivity index (χ1) is 2.89. The summed E-state index contributed by atoms with van der Waals surface area (Å²) >= 11 is 0. The van der Waals surface area contributed by atoms with E-state index in [4.69, 9.17) is 4.84 Å². The van der Waals surface area contributed by atoms with Gasteiger partial charge in [-0.3, -0.25) is 4.84 Å². The minimum Gasteiger partial charge on any atom is -0.298 e. The number of hydrogen-bond donors (Lipinski definition) is 1. The molecule has 1 N–H and O–H groups in total. The molecule has 6 heavy (non-hydrogen) atoms. The van der Waals surface area contributed by atoms with E-state index in [0.717, 1.165) is 6.42 Å². The van der Waals surface area contributed by atoms with Gasteiger partial charge in [0.15, 0.2) is 0 Å². The van der Waals surface area contributed by atoms with Gasteiger partial charge in [0, 0.05) is 0 Å². The highest BCUT2D eigenvalue weighted by Crippen LogP contribution is 2.02. The van der Waals surface area contributed by atoms with Gasteiger partial charge in [0.25, 0.3) is 0 Å². The maximum absolute atomic E-state index is 4.85. The Kier molecular flexibility index (Phi) is 1.08. The van der Waals surface area contributed by atoms with Crippen LogP contribution in [0.3, 0.4) is 0 Å². The largest absolute Gasteiger partial charge is 0.298 e. The molecule has 1 rings (SSSR count). The van der Waals surface area contributed by atoms with E-state index in [1.807, 2.05) is 13.5 Å². The zero-order chi connectivity index (χ0) is 4.41. The molecule has 35 valence electrons. The van der Waals surface area contributed by atoms with Crippen LogP contribution >= 0.6 is 0 Å². The van der Waals surface area contributed by atoms with Gasteiger partial charge in [-0.05, 0) is 13.3 Å². The molecule has 2 heteroatoms. The third kappa shape index (κ3) is 0.698. The van der Waals surface area contributed by atoms with E-state index < -0.39 is 0 Å². The summed E-state index contributed by atoms with van der Waals surface area (Å²) in [4.78, 5) is 4.85. The summed E-state index contributed by atoms with van der Waals surface area (Å²) in [6, 6.07) is 0. The van der Waals surface area contributed by atoms with E-state index in [1.165, 1.54) is 0 Å². The van der Waals surface area contributed by atoms with Crippen LogP contribution in [-0.4, -0.2) is 6.10 Å². The minimum absolute atomic E-state index is 0.380. The second-order valence-electron chi connectivity index (χ2n) is 1.49. The van der Waals surface area contributed by atoms with Crippen molar-refractivity contribution in [3.8, 4) is 0 Å². The Morgan fingerprint density at radius 3 is 3.00 bits per heavy atom. The Balaban J connectivity index is 2.18. The second-order valence-corrected chi connectivity index (χ2v) is 1.49. The summed E-state index contributed by atoms with van der Waals surface area (Å²) in [5, 5.41) is 0. The lowest BCUT2D eigenvalue weighted by Crippen LogP contribution is -2.03. The highest BCUT2D eigenvalue weighted by molar-refractivity contribution is 4.66. The van der Waals surface area contributed by atoms with Crippen LogP contribution in [0.2, 0.25) is 0 Å². The third-order valence-corrected chi connectivity index (χ3v) is 0.802. The van der Waals surface area contributed by atoms with Crippen LogP contribution in [0.15, 0.2) is 0 Å². The van der Waals surface area contributed by atoms with E-state index in [9.17, 15) is 0 Å². The minimum atomic E-state index is 0.380. The molecule has 0 aromatic heterocycles. The molecule has 0 aromatic rings. The smallest absolute Gasteiger partial charge is 0.0778 e. The lowest BCUT2D eigenvalue weighted by molar-refractivity contribution is 0.0503. The number of rotatable bonds is 0. The van der Waals surface area contributed by atoms with E-state index in [1.54, 1.807) is 0 Å². The van der Waals surface area contributed by atoms with Crippen LogP contribution < -0.4 is 5.48 Å². The summed E-state index contributed by atoms with van der Waals surface area (Å²) in [7, 11) is 0. The topological polar surface area (TPSA) is 21.3 Å². The van der Waals surface area contributed by atoms with Gasteiger partial charge in [0.2, 0.25) is 0 Å². The predicted molar refractivity (Wildman–Crippen MR) is 22.6 cm³/mol. The predicted octanol–water partition coefficient (Wildman–Crippen LogP) is 0.462. The van der Waals surface area contributed by atoms with Crippen molar-refractivity contribution in [2.24, 2.45) is 0 Å². The van der Waals surface area contributed by atoms with Crippen molar-refractivity contribution in [1.82, 2.24) is 5.48 Å². The van der Waals surface area contributed by atoms with Gasteiger partial charge >= 0.3 is 0 Å². The summed E-state index contributed by atoms with van der Waals surface area (Å²) in [6.07, 6.45) is 1.41. The molecule has 1 radical (unpaired) electrons. The molecule has 0 aliphatic carbocycles. The quantitative estimate of drug-likeness (QED) is 0.462. The summed E-state index contributed by atoms with van der Waals surface area (Å²) in [5.74, 6) is 0. The zero-order valence-corrected chi connectivity index (χ0v) is 3.77. The molecule has 1 saturated heterocycles. The van der Waals surface area contributed by atoms with Crippen LogP contribution in [-0.2, 0) is 4.84 Å². The molecular formula is C4H8NO. The van der Waals surface area contributed by atoms with E-state index >= 15 is 0 Å². The first-order valence-corrected chi connectivity index (χ1v) is 2.12. The molecular weight excluding hydrogens is 78.0 g/mol. The van der Waals surface area contributed by atoms with Crippen molar-refractivity contribution < 1.29 is 4.84 Å². The lowest BCUT2D eigenvalue weighted by Gasteiger charge is -1.93. The molecule has 1 heterocycles. The summed E-state index contributed by atoms with van der Waals surface area (Å²) in [5.41, 5.74) is 2.65. The average Bonchev–Trinajstić information content (AvgIpc) is 1.86. The van der Waals surface area contributed by atoms with Crippen LogP contribution in [0.4, 0.5) is 0 Å². The second kappa shape index (κ2) is 1.58. The maximum atomic E-state index is 4.85. The molecule has 1 unspecified atom stereocenters. The lowest BCUT2D eigenvalue weighted by atomic mass is 10.3. The van der Waals surface area contributed by atoms with E-state index in [-0.39, 0.29) is 0 Å². The average molecular weight is 86.1 g/mol. The van der Waals surface area contributed by atoms with Crippen molar-refractivity contribution in [1.29, 1.82) is 0 Å². The Morgan fingerprint density at radius 2 is 2.83 bits per heavy atom. The standard InChI is InChI=1S/C4H8NO/c1-4-2-3-5-6-4/h3-5H,2H2,1H3. The fourth-order valence-corrected chi connectivity index (χ4v) is 0.426. The van der Waals surface area contributed by atoms with E-state index in [0.29, 0.717) is 6.10 Å². The fourth-order valence-electron chi connectivity index (χ4n) is 0.426. The van der Waals surface area contributed by atoms with Crippen molar-refractivity contribution in [2.75, 3.05) is 0 Å². The Labute approximate surface area is 37.4 Å². The van der Waals surface area contributed by atoms with Gasteiger partial charge < -0.3 is 0 Å². The van der Waals surface area contributed by atoms with Crippen LogP contribution in [0.25, 0.3) is 0 Å². The van der Waals surface area contributed by atoms with Crippen molar-refractivity contribution >= 4 is 0 Å². The first-order valence-electron chi connectivity index (χ1n) is 2.12. The first kappa shape index (κ1) is 4.09. The summed E-state index contributed by atoms with van der Waals surface area (Å²) < 4.78 is 0. The molecule has 0 aromatic carbocycles. The normalized spacial score (nSPS) is 34.5. The maximum Gasteiger partial charge on any atom is 0.0778 e. The van der Waals surface area contributed by atoms with Crippen molar-refractivity contribution in [3.05, 3.63) is 6.54 Å². The number of nitrogens with one attached hydrogen (secondary N) is 1. The van der Waals surface area contributed by atoms with Gasteiger partial charge in [-0.1, -0.05) is 0 Å². The molecule has 2 nitrogen and oxygen atoms in total. The molecule has 1 fully saturated rings. The zero-order valence-electron chi connectivity index (χ0n) is 3.77. The number of hydroxylamine groups is 1. The van der Waals surface area contributed by atoms with Crippen LogP contribution in [0, 0.1) is 6.54 Å². The fraction of sp³-hybridized carbons (Fsp3) is 0.750. The SMILES string of the molecule is CC1C[CH]NO1. The highest BCUT2D eigenvalue weighted by atomic mass is 16.7. The Hall–Kier alpha value is -0.0800. The third-order valence-electron chi connectivity index (χ3n) is 0.802. The van der Waals surface area contributed by atoms with Gasteiger partial charge in [0.05, 0.1) is 12.6 Å². The van der Waals surface area contributed by atoms with Crippen molar-refractivity contribution in [3.63, 3.8) is 0 Å². The van der Waals surface area contributed by atoms with Gasteiger partial charge in [-0.15, -0.1) is 0 Å². The molecule has 1 aliphatic heterocycles. The monoisotopic (exact) mass is 86.1 g/mol. The molecule has 0 saturated carbocycles. The Morgan fingerprint density at radius 1 is 2.00 bits per heavy atom. The molecule has 0 amide bonds. The molecule has 0 bridgehead atoms. The van der Waals surface area contributed by atoms with Crippen LogP contribution in [0.5, 0.6) is 0 Å². The highest BCUT2D eigenvalue weighted by Gasteiger charge is 2.07. The molecule has 0 spiro atoms. The number of hydrogen-bond acceptors (Lipinski definition) is 2. The van der Waals surface area contributed by atoms with E-state index in [2.05, 4.69) is 5.48 Å².